The van der Waals surface area contributed by atoms with Crippen molar-refractivity contribution in [1.82, 2.24) is 0 Å². The second-order valence-electron chi connectivity index (χ2n) is 8.67. The number of hydrogen-bond donors (Lipinski definition) is 1. The van der Waals surface area contributed by atoms with Gasteiger partial charge in [0.2, 0.25) is 0 Å². The number of hydrogen-bond acceptors (Lipinski definition) is 2. The molecule has 6 aromatic carbocycles. The van der Waals surface area contributed by atoms with Crippen molar-refractivity contribution >= 4 is 64.4 Å². The predicted molar refractivity (Wildman–Crippen MR) is 150 cm³/mol. The molecule has 0 unspecified atom stereocenters. The van der Waals surface area contributed by atoms with Crippen molar-refractivity contribution in [2.24, 2.45) is 0 Å². The lowest BCUT2D eigenvalue weighted by Crippen LogP contribution is -1.92. The van der Waals surface area contributed by atoms with Crippen LogP contribution in [0, 0.1) is 0 Å². The second kappa shape index (κ2) is 7.72. The molecule has 0 radical (unpaired) electrons. The van der Waals surface area contributed by atoms with E-state index in [1.165, 1.54) is 52.8 Å². The van der Waals surface area contributed by atoms with Crippen LogP contribution in [0.25, 0.3) is 52.8 Å². The van der Waals surface area contributed by atoms with E-state index in [1.807, 2.05) is 11.3 Å². The van der Waals surface area contributed by atoms with Crippen molar-refractivity contribution < 1.29 is 0 Å². The number of anilines is 2. The maximum absolute atomic E-state index is 3.71. The topological polar surface area (TPSA) is 12.0 Å². The van der Waals surface area contributed by atoms with Gasteiger partial charge in [0.15, 0.2) is 0 Å². The molecule has 0 fully saturated rings. The lowest BCUT2D eigenvalue weighted by molar-refractivity contribution is 1.58. The number of thiophene rings is 1. The third kappa shape index (κ3) is 3.07. The molecule has 0 saturated heterocycles. The summed E-state index contributed by atoms with van der Waals surface area (Å²) in [5.41, 5.74) is 4.73. The zero-order valence-electron chi connectivity index (χ0n) is 18.5. The summed E-state index contributed by atoms with van der Waals surface area (Å²) in [6, 6.07) is 43.6. The van der Waals surface area contributed by atoms with Crippen molar-refractivity contribution in [2.45, 2.75) is 0 Å². The molecule has 1 heterocycles. The Morgan fingerprint density at radius 3 is 2.03 bits per heavy atom. The van der Waals surface area contributed by atoms with Gasteiger partial charge in [-0.05, 0) is 51.6 Å². The van der Waals surface area contributed by atoms with E-state index >= 15 is 0 Å². The van der Waals surface area contributed by atoms with E-state index < -0.39 is 0 Å². The highest BCUT2D eigenvalue weighted by Gasteiger charge is 2.12. The SMILES string of the molecule is c1ccc2c(-c3ccc(Nc4cc5sc6ccccc6c5c5ccccc45)cc3)cccc2c1. The zero-order chi connectivity index (χ0) is 22.5. The highest BCUT2D eigenvalue weighted by atomic mass is 32.1. The van der Waals surface area contributed by atoms with Crippen LogP contribution in [0.15, 0.2) is 121 Å². The molecule has 0 bridgehead atoms. The van der Waals surface area contributed by atoms with Crippen molar-refractivity contribution in [3.63, 3.8) is 0 Å². The van der Waals surface area contributed by atoms with Crippen LogP contribution in [0.5, 0.6) is 0 Å². The maximum Gasteiger partial charge on any atom is 0.0478 e. The summed E-state index contributed by atoms with van der Waals surface area (Å²) in [6.45, 7) is 0. The van der Waals surface area contributed by atoms with Crippen LogP contribution < -0.4 is 5.32 Å². The monoisotopic (exact) mass is 451 g/mol. The number of nitrogens with one attached hydrogen (secondary N) is 1. The van der Waals surface area contributed by atoms with Gasteiger partial charge in [0.05, 0.1) is 0 Å². The molecule has 2 heteroatoms. The van der Waals surface area contributed by atoms with Gasteiger partial charge in [-0.3, -0.25) is 0 Å². The number of rotatable bonds is 3. The van der Waals surface area contributed by atoms with E-state index in [4.69, 9.17) is 0 Å². The molecule has 7 rings (SSSR count). The lowest BCUT2D eigenvalue weighted by Gasteiger charge is -2.13. The number of benzene rings is 6. The van der Waals surface area contributed by atoms with Crippen molar-refractivity contribution in [3.05, 3.63) is 121 Å². The molecule has 34 heavy (non-hydrogen) atoms. The third-order valence-electron chi connectivity index (χ3n) is 6.65. The molecule has 0 aliphatic carbocycles. The quantitative estimate of drug-likeness (QED) is 0.282. The van der Waals surface area contributed by atoms with E-state index in [1.54, 1.807) is 0 Å². The Bertz CT molecular complexity index is 1820. The molecule has 160 valence electrons. The standard InChI is InChI=1S/C32H21NS/c1-2-10-24-21(8-1)9-7-14-25(24)22-16-18-23(19-17-22)33-29-20-31-32(27-12-4-3-11-26(27)29)28-13-5-6-15-30(28)34-31/h1-20,33H. The van der Waals surface area contributed by atoms with Gasteiger partial charge in [0.1, 0.15) is 0 Å². The molecule has 1 N–H and O–H groups in total. The van der Waals surface area contributed by atoms with Crippen LogP contribution in [0.3, 0.4) is 0 Å². The first kappa shape index (κ1) is 19.3. The fraction of sp³-hybridized carbons (Fsp3) is 0. The Morgan fingerprint density at radius 1 is 0.500 bits per heavy atom. The summed E-state index contributed by atoms with van der Waals surface area (Å²) in [5, 5.41) is 11.5. The van der Waals surface area contributed by atoms with Crippen molar-refractivity contribution in [1.29, 1.82) is 0 Å². The molecule has 0 aliphatic heterocycles. The minimum Gasteiger partial charge on any atom is -0.355 e. The molecular weight excluding hydrogens is 430 g/mol. The van der Waals surface area contributed by atoms with E-state index in [-0.39, 0.29) is 0 Å². The molecule has 0 spiro atoms. The van der Waals surface area contributed by atoms with Gasteiger partial charge in [0, 0.05) is 36.9 Å². The Balaban J connectivity index is 1.32. The van der Waals surface area contributed by atoms with Gasteiger partial charge >= 0.3 is 0 Å². The first-order valence-electron chi connectivity index (χ1n) is 11.5. The van der Waals surface area contributed by atoms with E-state index in [0.717, 1.165) is 11.4 Å². The fourth-order valence-electron chi connectivity index (χ4n) is 5.06. The van der Waals surface area contributed by atoms with Crippen LogP contribution in [0.4, 0.5) is 11.4 Å². The highest BCUT2D eigenvalue weighted by Crippen LogP contribution is 2.42. The van der Waals surface area contributed by atoms with Crippen LogP contribution in [0.2, 0.25) is 0 Å². The Labute approximate surface area is 201 Å². The molecule has 0 atom stereocenters. The minimum atomic E-state index is 1.09. The largest absolute Gasteiger partial charge is 0.355 e. The minimum absolute atomic E-state index is 1.09. The van der Waals surface area contributed by atoms with Crippen molar-refractivity contribution in [2.75, 3.05) is 5.32 Å². The summed E-state index contributed by atoms with van der Waals surface area (Å²) in [4.78, 5) is 0. The normalized spacial score (nSPS) is 11.5. The third-order valence-corrected chi connectivity index (χ3v) is 7.77. The smallest absolute Gasteiger partial charge is 0.0478 e. The van der Waals surface area contributed by atoms with Crippen molar-refractivity contribution in [3.8, 4) is 11.1 Å². The molecule has 1 nitrogen and oxygen atoms in total. The second-order valence-corrected chi connectivity index (χ2v) is 9.75. The fourth-order valence-corrected chi connectivity index (χ4v) is 6.22. The van der Waals surface area contributed by atoms with Gasteiger partial charge in [-0.15, -0.1) is 11.3 Å². The Hall–Kier alpha value is -4.14. The molecule has 0 saturated carbocycles. The van der Waals surface area contributed by atoms with E-state index in [2.05, 4.69) is 127 Å². The molecule has 7 aromatic rings. The summed E-state index contributed by atoms with van der Waals surface area (Å²) in [6.07, 6.45) is 0. The average Bonchev–Trinajstić information content (AvgIpc) is 3.27. The van der Waals surface area contributed by atoms with E-state index in [9.17, 15) is 0 Å². The van der Waals surface area contributed by atoms with Crippen LogP contribution in [-0.4, -0.2) is 0 Å². The first-order chi connectivity index (χ1) is 16.8. The lowest BCUT2D eigenvalue weighted by atomic mass is 9.98. The molecule has 0 aliphatic rings. The van der Waals surface area contributed by atoms with Crippen LogP contribution in [-0.2, 0) is 0 Å². The summed E-state index contributed by atoms with van der Waals surface area (Å²) >= 11 is 1.86. The summed E-state index contributed by atoms with van der Waals surface area (Å²) in [5.74, 6) is 0. The van der Waals surface area contributed by atoms with Crippen LogP contribution in [0.1, 0.15) is 0 Å². The van der Waals surface area contributed by atoms with Gasteiger partial charge in [-0.25, -0.2) is 0 Å². The first-order valence-corrected chi connectivity index (χ1v) is 12.3. The van der Waals surface area contributed by atoms with Crippen LogP contribution >= 0.6 is 11.3 Å². The van der Waals surface area contributed by atoms with Gasteiger partial charge in [-0.1, -0.05) is 97.1 Å². The predicted octanol–water partition coefficient (Wildman–Crippen LogP) is 9.77. The zero-order valence-corrected chi connectivity index (χ0v) is 19.3. The highest BCUT2D eigenvalue weighted by molar-refractivity contribution is 7.26. The summed E-state index contributed by atoms with van der Waals surface area (Å²) in [7, 11) is 0. The Kier molecular flexibility index (Phi) is 4.39. The van der Waals surface area contributed by atoms with Gasteiger partial charge in [0.25, 0.3) is 0 Å². The van der Waals surface area contributed by atoms with Gasteiger partial charge in [-0.2, -0.15) is 0 Å². The molecule has 0 amide bonds. The van der Waals surface area contributed by atoms with E-state index in [0.29, 0.717) is 0 Å². The maximum atomic E-state index is 3.71. The Morgan fingerprint density at radius 2 is 1.18 bits per heavy atom. The molecular formula is C32H21NS. The van der Waals surface area contributed by atoms with Gasteiger partial charge < -0.3 is 5.32 Å². The average molecular weight is 452 g/mol. The molecule has 1 aromatic heterocycles. The number of fused-ring (bicyclic) bond motifs is 6. The summed E-state index contributed by atoms with van der Waals surface area (Å²) < 4.78 is 2.65.